The molecule has 0 aromatic carbocycles. The van der Waals surface area contributed by atoms with Gasteiger partial charge in [-0.25, -0.2) is 0 Å². The molecule has 16 heavy (non-hydrogen) atoms. The molecular weight excluding hydrogens is 202 g/mol. The summed E-state index contributed by atoms with van der Waals surface area (Å²) in [6, 6.07) is 2.30. The Morgan fingerprint density at radius 2 is 2.19 bits per heavy atom. The largest absolute Gasteiger partial charge is 0.379 e. The number of methoxy groups -OCH3 is 1. The monoisotopic (exact) mass is 223 g/mol. The predicted molar refractivity (Wildman–Crippen MR) is 64.2 cm³/mol. The summed E-state index contributed by atoms with van der Waals surface area (Å²) in [6.45, 7) is 4.20. The highest BCUT2D eigenvalue weighted by atomic mass is 16.5. The van der Waals surface area contributed by atoms with E-state index in [1.54, 1.807) is 19.5 Å². The van der Waals surface area contributed by atoms with Crippen molar-refractivity contribution in [1.29, 1.82) is 0 Å². The summed E-state index contributed by atoms with van der Waals surface area (Å²) < 4.78 is 5.41. The van der Waals surface area contributed by atoms with Crippen LogP contribution < -0.4 is 5.32 Å². The minimum absolute atomic E-state index is 0.0739. The van der Waals surface area contributed by atoms with Gasteiger partial charge in [0.05, 0.1) is 11.8 Å². The molecule has 1 aromatic heterocycles. The Morgan fingerprint density at radius 1 is 1.44 bits per heavy atom. The average Bonchev–Trinajstić information content (AvgIpc) is 2.31. The van der Waals surface area contributed by atoms with Gasteiger partial charge in [0.1, 0.15) is 0 Å². The van der Waals surface area contributed by atoms with Crippen LogP contribution in [0.25, 0.3) is 0 Å². The fourth-order valence-electron chi connectivity index (χ4n) is 1.58. The van der Waals surface area contributed by atoms with Gasteiger partial charge in [-0.1, -0.05) is 0 Å². The van der Waals surface area contributed by atoms with E-state index in [2.05, 4.69) is 29.4 Å². The van der Waals surface area contributed by atoms with Crippen LogP contribution >= 0.6 is 0 Å². The molecule has 0 aliphatic heterocycles. The summed E-state index contributed by atoms with van der Waals surface area (Å²) in [4.78, 5) is 0. The lowest BCUT2D eigenvalue weighted by Gasteiger charge is -2.25. The van der Waals surface area contributed by atoms with E-state index in [0.29, 0.717) is 6.04 Å². The number of hydrogen-bond donors (Lipinski definition) is 1. The summed E-state index contributed by atoms with van der Waals surface area (Å²) in [5.74, 6) is 0. The Kier molecular flexibility index (Phi) is 4.83. The van der Waals surface area contributed by atoms with Gasteiger partial charge in [0.2, 0.25) is 0 Å². The predicted octanol–water partition coefficient (Wildman–Crippen LogP) is 1.94. The standard InChI is InChI=1S/C12H21N3O/c1-12(2,16-4)7-5-11(13-3)10-6-8-14-15-9-10/h6,8-9,11,13H,5,7H2,1-4H3. The summed E-state index contributed by atoms with van der Waals surface area (Å²) >= 11 is 0. The van der Waals surface area contributed by atoms with E-state index in [9.17, 15) is 0 Å². The normalized spacial score (nSPS) is 13.8. The van der Waals surface area contributed by atoms with Gasteiger partial charge in [-0.2, -0.15) is 10.2 Å². The van der Waals surface area contributed by atoms with Crippen molar-refractivity contribution < 1.29 is 4.74 Å². The van der Waals surface area contributed by atoms with Crippen LogP contribution in [0.2, 0.25) is 0 Å². The van der Waals surface area contributed by atoms with Gasteiger partial charge in [0.15, 0.2) is 0 Å². The zero-order valence-electron chi connectivity index (χ0n) is 10.5. The van der Waals surface area contributed by atoms with E-state index in [1.807, 2.05) is 13.1 Å². The number of aromatic nitrogens is 2. The van der Waals surface area contributed by atoms with Crippen LogP contribution in [0, 0.1) is 0 Å². The van der Waals surface area contributed by atoms with Crippen LogP contribution in [0.3, 0.4) is 0 Å². The third-order valence-electron chi connectivity index (χ3n) is 2.95. The first-order chi connectivity index (χ1) is 7.59. The second kappa shape index (κ2) is 5.92. The van der Waals surface area contributed by atoms with Crippen molar-refractivity contribution >= 4 is 0 Å². The summed E-state index contributed by atoms with van der Waals surface area (Å²) in [5.41, 5.74) is 1.10. The van der Waals surface area contributed by atoms with Crippen LogP contribution in [0.15, 0.2) is 18.5 Å². The lowest BCUT2D eigenvalue weighted by atomic mass is 9.96. The van der Waals surface area contributed by atoms with Crippen LogP contribution in [-0.2, 0) is 4.74 Å². The first kappa shape index (κ1) is 13.1. The Labute approximate surface area is 97.4 Å². The maximum Gasteiger partial charge on any atom is 0.0623 e. The van der Waals surface area contributed by atoms with Crippen LogP contribution in [0.4, 0.5) is 0 Å². The van der Waals surface area contributed by atoms with Gasteiger partial charge in [-0.3, -0.25) is 0 Å². The summed E-state index contributed by atoms with van der Waals surface area (Å²) in [5, 5.41) is 11.0. The van der Waals surface area contributed by atoms with Gasteiger partial charge < -0.3 is 10.1 Å². The highest BCUT2D eigenvalue weighted by Crippen LogP contribution is 2.23. The number of rotatable bonds is 6. The second-order valence-corrected chi connectivity index (χ2v) is 4.52. The molecule has 0 fully saturated rings. The van der Waals surface area contributed by atoms with E-state index in [-0.39, 0.29) is 5.60 Å². The molecule has 4 heteroatoms. The van der Waals surface area contributed by atoms with Gasteiger partial charge in [0, 0.05) is 19.3 Å². The molecule has 0 spiro atoms. The molecule has 0 saturated carbocycles. The minimum atomic E-state index is -0.0739. The maximum absolute atomic E-state index is 5.41. The van der Waals surface area contributed by atoms with E-state index in [1.165, 1.54) is 5.56 Å². The number of ether oxygens (including phenoxy) is 1. The zero-order valence-corrected chi connectivity index (χ0v) is 10.5. The maximum atomic E-state index is 5.41. The van der Waals surface area contributed by atoms with Crippen LogP contribution in [-0.4, -0.2) is 30.0 Å². The third-order valence-corrected chi connectivity index (χ3v) is 2.95. The SMILES string of the molecule is CNC(CCC(C)(C)OC)c1ccnnc1. The second-order valence-electron chi connectivity index (χ2n) is 4.52. The van der Waals surface area contributed by atoms with Gasteiger partial charge in [-0.15, -0.1) is 0 Å². The molecule has 1 unspecified atom stereocenters. The first-order valence-electron chi connectivity index (χ1n) is 5.58. The highest BCUT2D eigenvalue weighted by Gasteiger charge is 2.19. The highest BCUT2D eigenvalue weighted by molar-refractivity contribution is 5.11. The van der Waals surface area contributed by atoms with E-state index in [0.717, 1.165) is 12.8 Å². The average molecular weight is 223 g/mol. The molecule has 0 radical (unpaired) electrons. The molecule has 1 rings (SSSR count). The molecule has 1 aromatic rings. The molecule has 4 nitrogen and oxygen atoms in total. The van der Waals surface area contributed by atoms with Crippen molar-refractivity contribution in [3.63, 3.8) is 0 Å². The van der Waals surface area contributed by atoms with E-state index < -0.39 is 0 Å². The van der Waals surface area contributed by atoms with Gasteiger partial charge >= 0.3 is 0 Å². The molecule has 1 atom stereocenters. The molecule has 0 aliphatic carbocycles. The number of nitrogens with zero attached hydrogens (tertiary/aromatic N) is 2. The summed E-state index contributed by atoms with van der Waals surface area (Å²) in [6.07, 6.45) is 5.54. The van der Waals surface area contributed by atoms with Crippen molar-refractivity contribution in [2.24, 2.45) is 0 Å². The minimum Gasteiger partial charge on any atom is -0.379 e. The van der Waals surface area contributed by atoms with E-state index in [4.69, 9.17) is 4.74 Å². The molecule has 0 saturated heterocycles. The summed E-state index contributed by atoms with van der Waals surface area (Å²) in [7, 11) is 3.72. The van der Waals surface area contributed by atoms with Crippen molar-refractivity contribution in [3.05, 3.63) is 24.0 Å². The van der Waals surface area contributed by atoms with Crippen LogP contribution in [0.5, 0.6) is 0 Å². The van der Waals surface area contributed by atoms with Crippen molar-refractivity contribution in [3.8, 4) is 0 Å². The molecule has 0 amide bonds. The lowest BCUT2D eigenvalue weighted by Crippen LogP contribution is -2.26. The van der Waals surface area contributed by atoms with Crippen molar-refractivity contribution in [1.82, 2.24) is 15.5 Å². The number of nitrogens with one attached hydrogen (secondary N) is 1. The van der Waals surface area contributed by atoms with Crippen molar-refractivity contribution in [2.45, 2.75) is 38.3 Å². The third kappa shape index (κ3) is 3.87. The molecule has 0 aliphatic rings. The smallest absolute Gasteiger partial charge is 0.0623 e. The molecule has 0 bridgehead atoms. The topological polar surface area (TPSA) is 47.0 Å². The Bertz CT molecular complexity index is 300. The first-order valence-corrected chi connectivity index (χ1v) is 5.58. The molecule has 90 valence electrons. The number of hydrogen-bond acceptors (Lipinski definition) is 4. The Balaban J connectivity index is 2.57. The van der Waals surface area contributed by atoms with Crippen molar-refractivity contribution in [2.75, 3.05) is 14.2 Å². The fraction of sp³-hybridized carbons (Fsp3) is 0.667. The molecule has 1 N–H and O–H groups in total. The van der Waals surface area contributed by atoms with Crippen LogP contribution in [0.1, 0.15) is 38.3 Å². The lowest BCUT2D eigenvalue weighted by molar-refractivity contribution is 0.0118. The van der Waals surface area contributed by atoms with E-state index >= 15 is 0 Å². The zero-order chi connectivity index (χ0) is 12.0. The fourth-order valence-corrected chi connectivity index (χ4v) is 1.58. The van der Waals surface area contributed by atoms with Gasteiger partial charge in [0.25, 0.3) is 0 Å². The quantitative estimate of drug-likeness (QED) is 0.800. The molecule has 1 heterocycles. The molecular formula is C12H21N3O. The Morgan fingerprint density at radius 3 is 2.69 bits per heavy atom. The Hall–Kier alpha value is -1.00. The van der Waals surface area contributed by atoms with Gasteiger partial charge in [-0.05, 0) is 45.4 Å².